The second kappa shape index (κ2) is 8.65. The van der Waals surface area contributed by atoms with Crippen LogP contribution in [0.2, 0.25) is 0 Å². The summed E-state index contributed by atoms with van der Waals surface area (Å²) in [6.07, 6.45) is 6.10. The molecule has 0 atom stereocenters. The Balaban J connectivity index is 1.42. The Bertz CT molecular complexity index is 652. The molecule has 1 N–H and O–H groups in total. The number of thioether (sulfide) groups is 1. The summed E-state index contributed by atoms with van der Waals surface area (Å²) >= 11 is 3.37. The number of hydrogen-bond donors (Lipinski definition) is 1. The monoisotopic (exact) mass is 361 g/mol. The molecular formula is C18H23N3OS2. The molecule has 3 rings (SSSR count). The highest BCUT2D eigenvalue weighted by Crippen LogP contribution is 2.30. The van der Waals surface area contributed by atoms with Crippen molar-refractivity contribution in [1.82, 2.24) is 15.2 Å². The van der Waals surface area contributed by atoms with Crippen molar-refractivity contribution in [1.29, 1.82) is 0 Å². The van der Waals surface area contributed by atoms with Gasteiger partial charge in [-0.2, -0.15) is 0 Å². The second-order valence-electron chi connectivity index (χ2n) is 5.95. The van der Waals surface area contributed by atoms with E-state index >= 15 is 0 Å². The van der Waals surface area contributed by atoms with Crippen LogP contribution in [0, 0.1) is 0 Å². The minimum Gasteiger partial charge on any atom is -0.351 e. The third-order valence-electron chi connectivity index (χ3n) is 4.46. The quantitative estimate of drug-likeness (QED) is 0.800. The van der Waals surface area contributed by atoms with E-state index in [2.05, 4.69) is 32.7 Å². The fourth-order valence-corrected chi connectivity index (χ4v) is 4.56. The molecule has 0 spiro atoms. The fraction of sp³-hybridized carbons (Fsp3) is 0.444. The maximum atomic E-state index is 12.3. The van der Waals surface area contributed by atoms with Gasteiger partial charge in [0.2, 0.25) is 0 Å². The third kappa shape index (κ3) is 4.37. The molecule has 1 saturated heterocycles. The molecule has 1 aliphatic heterocycles. The maximum Gasteiger partial charge on any atom is 0.254 e. The van der Waals surface area contributed by atoms with Gasteiger partial charge in [0.1, 0.15) is 5.03 Å². The average Bonchev–Trinajstić information content (AvgIpc) is 3.17. The lowest BCUT2D eigenvalue weighted by Gasteiger charge is -2.31. The first-order valence-electron chi connectivity index (χ1n) is 8.31. The lowest BCUT2D eigenvalue weighted by Crippen LogP contribution is -2.39. The number of hydrogen-bond acceptors (Lipinski definition) is 5. The Labute approximate surface area is 151 Å². The molecular weight excluding hydrogens is 338 g/mol. The average molecular weight is 362 g/mol. The molecule has 0 unspecified atom stereocenters. The number of pyridine rings is 1. The summed E-state index contributed by atoms with van der Waals surface area (Å²) in [5.41, 5.74) is 0.668. The molecule has 0 saturated carbocycles. The molecule has 0 radical (unpaired) electrons. The lowest BCUT2D eigenvalue weighted by molar-refractivity contribution is 0.0942. The largest absolute Gasteiger partial charge is 0.351 e. The van der Waals surface area contributed by atoms with Crippen LogP contribution >= 0.6 is 23.1 Å². The number of rotatable bonds is 6. The van der Waals surface area contributed by atoms with Crippen LogP contribution in [0.15, 0.2) is 40.9 Å². The third-order valence-corrected chi connectivity index (χ3v) is 6.20. The first-order valence-corrected chi connectivity index (χ1v) is 10.4. The number of likely N-dealkylation sites (tertiary alicyclic amines) is 1. The van der Waals surface area contributed by atoms with Crippen molar-refractivity contribution in [2.75, 3.05) is 32.4 Å². The van der Waals surface area contributed by atoms with Crippen LogP contribution in [0.3, 0.4) is 0 Å². The zero-order valence-corrected chi connectivity index (χ0v) is 15.5. The van der Waals surface area contributed by atoms with E-state index in [1.165, 1.54) is 29.5 Å². The minimum atomic E-state index is -0.0269. The van der Waals surface area contributed by atoms with Gasteiger partial charge in [0.15, 0.2) is 0 Å². The molecule has 128 valence electrons. The topological polar surface area (TPSA) is 45.2 Å². The van der Waals surface area contributed by atoms with Crippen molar-refractivity contribution in [3.8, 4) is 0 Å². The van der Waals surface area contributed by atoms with E-state index in [0.717, 1.165) is 30.6 Å². The SMILES string of the molecule is CSc1ncccc1C(=O)NCCN1CCC(c2cccs2)CC1. The van der Waals surface area contributed by atoms with Crippen LogP contribution in [-0.2, 0) is 0 Å². The number of nitrogens with one attached hydrogen (secondary N) is 1. The Kier molecular flexibility index (Phi) is 6.29. The van der Waals surface area contributed by atoms with Crippen LogP contribution in [0.4, 0.5) is 0 Å². The van der Waals surface area contributed by atoms with Gasteiger partial charge >= 0.3 is 0 Å². The molecule has 4 nitrogen and oxygen atoms in total. The zero-order chi connectivity index (χ0) is 16.8. The van der Waals surface area contributed by atoms with Crippen molar-refractivity contribution in [2.45, 2.75) is 23.8 Å². The van der Waals surface area contributed by atoms with Crippen molar-refractivity contribution in [3.63, 3.8) is 0 Å². The number of carbonyl (C=O) groups is 1. The molecule has 2 aromatic heterocycles. The minimum absolute atomic E-state index is 0.0269. The number of thiophene rings is 1. The van der Waals surface area contributed by atoms with Gasteiger partial charge in [-0.25, -0.2) is 4.98 Å². The van der Waals surface area contributed by atoms with E-state index in [4.69, 9.17) is 0 Å². The molecule has 0 bridgehead atoms. The van der Waals surface area contributed by atoms with Crippen molar-refractivity contribution in [3.05, 3.63) is 46.3 Å². The van der Waals surface area contributed by atoms with Gasteiger partial charge in [-0.1, -0.05) is 6.07 Å². The highest BCUT2D eigenvalue weighted by molar-refractivity contribution is 7.98. The zero-order valence-electron chi connectivity index (χ0n) is 13.9. The summed E-state index contributed by atoms with van der Waals surface area (Å²) in [4.78, 5) is 20.5. The van der Waals surface area contributed by atoms with E-state index in [1.807, 2.05) is 29.7 Å². The van der Waals surface area contributed by atoms with E-state index in [0.29, 0.717) is 12.1 Å². The Morgan fingerprint density at radius 1 is 1.38 bits per heavy atom. The number of amides is 1. The van der Waals surface area contributed by atoms with Crippen LogP contribution in [-0.4, -0.2) is 48.2 Å². The van der Waals surface area contributed by atoms with Crippen molar-refractivity contribution >= 4 is 29.0 Å². The van der Waals surface area contributed by atoms with Crippen molar-refractivity contribution in [2.24, 2.45) is 0 Å². The van der Waals surface area contributed by atoms with Crippen LogP contribution in [0.5, 0.6) is 0 Å². The number of piperidine rings is 1. The predicted molar refractivity (Wildman–Crippen MR) is 101 cm³/mol. The standard InChI is InChI=1S/C18H23N3OS2/c1-23-18-15(4-2-8-20-18)17(22)19-9-12-21-10-6-14(7-11-21)16-5-3-13-24-16/h2-5,8,13-14H,6-7,9-12H2,1H3,(H,19,22). The molecule has 24 heavy (non-hydrogen) atoms. The number of nitrogens with zero attached hydrogens (tertiary/aromatic N) is 2. The second-order valence-corrected chi connectivity index (χ2v) is 7.72. The first kappa shape index (κ1) is 17.5. The summed E-state index contributed by atoms with van der Waals surface area (Å²) in [5, 5.41) is 5.98. The smallest absolute Gasteiger partial charge is 0.254 e. The van der Waals surface area contributed by atoms with Gasteiger partial charge in [-0.3, -0.25) is 4.79 Å². The summed E-state index contributed by atoms with van der Waals surface area (Å²) in [6.45, 7) is 3.83. The van der Waals surface area contributed by atoms with Gasteiger partial charge in [0.05, 0.1) is 5.56 Å². The fourth-order valence-electron chi connectivity index (χ4n) is 3.11. The van der Waals surface area contributed by atoms with Crippen LogP contribution in [0.25, 0.3) is 0 Å². The molecule has 0 aromatic carbocycles. The predicted octanol–water partition coefficient (Wildman–Crippen LogP) is 3.47. The normalized spacial score (nSPS) is 16.2. The van der Waals surface area contributed by atoms with Crippen LogP contribution in [0.1, 0.15) is 34.0 Å². The number of carbonyl (C=O) groups excluding carboxylic acids is 1. The van der Waals surface area contributed by atoms with Gasteiger partial charge in [-0.05, 0) is 61.7 Å². The maximum absolute atomic E-state index is 12.3. The summed E-state index contributed by atoms with van der Waals surface area (Å²) in [7, 11) is 0. The van der Waals surface area contributed by atoms with E-state index in [1.54, 1.807) is 6.20 Å². The molecule has 1 fully saturated rings. The van der Waals surface area contributed by atoms with E-state index < -0.39 is 0 Å². The van der Waals surface area contributed by atoms with Gasteiger partial charge < -0.3 is 10.2 Å². The summed E-state index contributed by atoms with van der Waals surface area (Å²) < 4.78 is 0. The molecule has 1 aliphatic rings. The molecule has 1 amide bonds. The summed E-state index contributed by atoms with van der Waals surface area (Å²) in [6, 6.07) is 8.04. The Morgan fingerprint density at radius 2 is 2.21 bits per heavy atom. The van der Waals surface area contributed by atoms with Crippen LogP contribution < -0.4 is 5.32 Å². The van der Waals surface area contributed by atoms with E-state index in [-0.39, 0.29) is 5.91 Å². The number of aromatic nitrogens is 1. The Morgan fingerprint density at radius 3 is 2.92 bits per heavy atom. The molecule has 2 aromatic rings. The highest BCUT2D eigenvalue weighted by atomic mass is 32.2. The first-order chi connectivity index (χ1) is 11.8. The van der Waals surface area contributed by atoms with Crippen molar-refractivity contribution < 1.29 is 4.79 Å². The summed E-state index contributed by atoms with van der Waals surface area (Å²) in [5.74, 6) is 0.691. The molecule has 3 heterocycles. The highest BCUT2D eigenvalue weighted by Gasteiger charge is 2.21. The van der Waals surface area contributed by atoms with Gasteiger partial charge in [0, 0.05) is 24.2 Å². The van der Waals surface area contributed by atoms with E-state index in [9.17, 15) is 4.79 Å². The lowest BCUT2D eigenvalue weighted by atomic mass is 9.95. The molecule has 0 aliphatic carbocycles. The Hall–Kier alpha value is -1.37. The van der Waals surface area contributed by atoms with Gasteiger partial charge in [-0.15, -0.1) is 23.1 Å². The molecule has 6 heteroatoms. The van der Waals surface area contributed by atoms with Gasteiger partial charge in [0.25, 0.3) is 5.91 Å².